The van der Waals surface area contributed by atoms with Gasteiger partial charge in [-0.2, -0.15) is 5.10 Å². The summed E-state index contributed by atoms with van der Waals surface area (Å²) in [5.74, 6) is -0.171. The third-order valence-electron chi connectivity index (χ3n) is 5.60. The minimum atomic E-state index is -0.273. The predicted octanol–water partition coefficient (Wildman–Crippen LogP) is 4.29. The summed E-state index contributed by atoms with van der Waals surface area (Å²) in [5, 5.41) is 7.03. The summed E-state index contributed by atoms with van der Waals surface area (Å²) in [7, 11) is 0. The Labute approximate surface area is 178 Å². The van der Waals surface area contributed by atoms with Crippen molar-refractivity contribution in [2.75, 3.05) is 0 Å². The first-order valence-corrected chi connectivity index (χ1v) is 10.1. The number of amides is 1. The van der Waals surface area contributed by atoms with Gasteiger partial charge in [0, 0.05) is 42.2 Å². The van der Waals surface area contributed by atoms with Gasteiger partial charge in [-0.3, -0.25) is 14.6 Å². The molecule has 1 amide bonds. The van der Waals surface area contributed by atoms with Crippen molar-refractivity contribution in [1.29, 1.82) is 0 Å². The lowest BCUT2D eigenvalue weighted by Crippen LogP contribution is -2.24. The maximum absolute atomic E-state index is 13.3. The molecule has 3 heterocycles. The van der Waals surface area contributed by atoms with Crippen LogP contribution in [0.25, 0.3) is 22.0 Å². The molecule has 0 fully saturated rings. The summed E-state index contributed by atoms with van der Waals surface area (Å²) in [6.07, 6.45) is 3.85. The molecule has 31 heavy (non-hydrogen) atoms. The predicted molar refractivity (Wildman–Crippen MR) is 121 cm³/mol. The summed E-state index contributed by atoms with van der Waals surface area (Å²) in [6.45, 7) is 1.49. The van der Waals surface area contributed by atoms with E-state index in [2.05, 4.69) is 15.1 Å². The Balaban J connectivity index is 1.74. The van der Waals surface area contributed by atoms with Crippen LogP contribution in [0.4, 0.5) is 0 Å². The zero-order chi connectivity index (χ0) is 21.4. The second-order valence-corrected chi connectivity index (χ2v) is 7.53. The Morgan fingerprint density at radius 3 is 2.42 bits per heavy atom. The number of nitrogens with zero attached hydrogens (tertiary/aromatic N) is 3. The van der Waals surface area contributed by atoms with E-state index in [0.717, 1.165) is 27.6 Å². The van der Waals surface area contributed by atoms with Gasteiger partial charge >= 0.3 is 0 Å². The molecule has 1 unspecified atom stereocenters. The van der Waals surface area contributed by atoms with Crippen LogP contribution in [0.5, 0.6) is 0 Å². The lowest BCUT2D eigenvalue weighted by atomic mass is 9.91. The minimum absolute atomic E-state index is 0.171. The number of nitrogens with one attached hydrogen (secondary N) is 1. The van der Waals surface area contributed by atoms with Crippen LogP contribution >= 0.6 is 0 Å². The fourth-order valence-corrected chi connectivity index (χ4v) is 4.22. The summed E-state index contributed by atoms with van der Waals surface area (Å²) in [4.78, 5) is 32.7. The van der Waals surface area contributed by atoms with Gasteiger partial charge in [0.2, 0.25) is 5.91 Å². The molecule has 1 atom stereocenters. The second kappa shape index (κ2) is 7.65. The molecule has 0 bridgehead atoms. The molecule has 4 aromatic rings. The molecule has 2 aromatic heterocycles. The third kappa shape index (κ3) is 3.32. The fourth-order valence-electron chi connectivity index (χ4n) is 4.22. The summed E-state index contributed by atoms with van der Waals surface area (Å²) in [5.41, 5.74) is 4.36. The number of fused-ring (bicyclic) bond motifs is 1. The molecule has 0 aliphatic carbocycles. The molecule has 2 aromatic carbocycles. The molecule has 152 valence electrons. The average molecular weight is 408 g/mol. The number of hydrogen-bond donors (Lipinski definition) is 1. The van der Waals surface area contributed by atoms with E-state index < -0.39 is 0 Å². The minimum Gasteiger partial charge on any atom is -0.321 e. The number of carbonyl (C=O) groups excluding carboxylic acids is 1. The van der Waals surface area contributed by atoms with Crippen molar-refractivity contribution in [3.8, 4) is 11.1 Å². The van der Waals surface area contributed by atoms with Gasteiger partial charge in [0.05, 0.1) is 17.3 Å². The quantitative estimate of drug-likeness (QED) is 0.549. The van der Waals surface area contributed by atoms with Gasteiger partial charge in [0.1, 0.15) is 0 Å². The topological polar surface area (TPSA) is 78.4 Å². The van der Waals surface area contributed by atoms with E-state index in [1.807, 2.05) is 66.7 Å². The van der Waals surface area contributed by atoms with Crippen molar-refractivity contribution >= 4 is 22.5 Å². The molecular formula is C25H20N4O2. The van der Waals surface area contributed by atoms with Gasteiger partial charge in [0.15, 0.2) is 0 Å². The molecule has 0 saturated carbocycles. The van der Waals surface area contributed by atoms with E-state index in [9.17, 15) is 9.59 Å². The van der Waals surface area contributed by atoms with Crippen LogP contribution in [0.3, 0.4) is 0 Å². The molecule has 5 rings (SSSR count). The first-order chi connectivity index (χ1) is 15.1. The molecule has 1 aliphatic heterocycles. The van der Waals surface area contributed by atoms with Crippen molar-refractivity contribution in [2.24, 2.45) is 5.10 Å². The lowest BCUT2D eigenvalue weighted by molar-refractivity contribution is -0.130. The highest BCUT2D eigenvalue weighted by atomic mass is 16.2. The summed E-state index contributed by atoms with van der Waals surface area (Å²) in [6, 6.07) is 21.1. The normalized spacial score (nSPS) is 15.8. The van der Waals surface area contributed by atoms with Crippen molar-refractivity contribution in [2.45, 2.75) is 19.4 Å². The number of para-hydroxylation sites is 1. The average Bonchev–Trinajstić information content (AvgIpc) is 3.25. The number of hydrogen-bond acceptors (Lipinski definition) is 4. The van der Waals surface area contributed by atoms with Crippen LogP contribution in [-0.4, -0.2) is 26.6 Å². The van der Waals surface area contributed by atoms with Gasteiger partial charge in [-0.25, -0.2) is 5.01 Å². The number of H-pyrrole nitrogens is 1. The number of aromatic amines is 1. The number of carbonyl (C=O) groups is 1. The monoisotopic (exact) mass is 408 g/mol. The maximum Gasteiger partial charge on any atom is 0.258 e. The molecule has 1 aliphatic rings. The highest BCUT2D eigenvalue weighted by Gasteiger charge is 2.34. The van der Waals surface area contributed by atoms with Gasteiger partial charge in [0.25, 0.3) is 5.56 Å². The zero-order valence-corrected chi connectivity index (χ0v) is 16.9. The van der Waals surface area contributed by atoms with E-state index in [-0.39, 0.29) is 17.5 Å². The zero-order valence-electron chi connectivity index (χ0n) is 16.9. The van der Waals surface area contributed by atoms with Gasteiger partial charge < -0.3 is 4.98 Å². The van der Waals surface area contributed by atoms with Crippen LogP contribution in [0.1, 0.15) is 30.5 Å². The largest absolute Gasteiger partial charge is 0.321 e. The Kier molecular flexibility index (Phi) is 4.67. The van der Waals surface area contributed by atoms with Crippen molar-refractivity contribution in [3.63, 3.8) is 0 Å². The van der Waals surface area contributed by atoms with Crippen LogP contribution in [0.2, 0.25) is 0 Å². The summed E-state index contributed by atoms with van der Waals surface area (Å²) >= 11 is 0. The van der Waals surface area contributed by atoms with E-state index in [0.29, 0.717) is 17.7 Å². The smallest absolute Gasteiger partial charge is 0.258 e. The lowest BCUT2D eigenvalue weighted by Gasteiger charge is -2.20. The molecule has 0 spiro atoms. The first-order valence-electron chi connectivity index (χ1n) is 10.1. The van der Waals surface area contributed by atoms with Gasteiger partial charge in [-0.15, -0.1) is 0 Å². The second-order valence-electron chi connectivity index (χ2n) is 7.53. The molecule has 1 N–H and O–H groups in total. The van der Waals surface area contributed by atoms with Crippen LogP contribution in [-0.2, 0) is 4.79 Å². The highest BCUT2D eigenvalue weighted by Crippen LogP contribution is 2.36. The van der Waals surface area contributed by atoms with E-state index in [4.69, 9.17) is 0 Å². The maximum atomic E-state index is 13.3. The molecule has 0 saturated heterocycles. The number of aromatic nitrogens is 2. The highest BCUT2D eigenvalue weighted by molar-refractivity contribution is 6.12. The van der Waals surface area contributed by atoms with Crippen molar-refractivity contribution < 1.29 is 4.79 Å². The number of rotatable bonds is 3. The number of benzene rings is 2. The van der Waals surface area contributed by atoms with Crippen LogP contribution in [0.15, 0.2) is 89.0 Å². The molecule has 0 radical (unpaired) electrons. The Morgan fingerprint density at radius 2 is 1.68 bits per heavy atom. The number of hydrazone groups is 1. The first kappa shape index (κ1) is 18.9. The van der Waals surface area contributed by atoms with Crippen molar-refractivity contribution in [1.82, 2.24) is 15.0 Å². The SMILES string of the molecule is CC(=O)N1N=C(c2c(-c3ccccc3)c3ccccc3[nH]c2=O)CC1c1ccncc1. The Bertz CT molecular complexity index is 1360. The van der Waals surface area contributed by atoms with E-state index in [1.54, 1.807) is 12.4 Å². The molecule has 6 nitrogen and oxygen atoms in total. The summed E-state index contributed by atoms with van der Waals surface area (Å²) < 4.78 is 0. The molecule has 6 heteroatoms. The fraction of sp³-hybridized carbons (Fsp3) is 0.120. The van der Waals surface area contributed by atoms with E-state index >= 15 is 0 Å². The third-order valence-corrected chi connectivity index (χ3v) is 5.60. The number of pyridine rings is 2. The van der Waals surface area contributed by atoms with Gasteiger partial charge in [-0.05, 0) is 29.3 Å². The van der Waals surface area contributed by atoms with Crippen molar-refractivity contribution in [3.05, 3.63) is 101 Å². The van der Waals surface area contributed by atoms with Crippen LogP contribution < -0.4 is 5.56 Å². The van der Waals surface area contributed by atoms with E-state index in [1.165, 1.54) is 11.9 Å². The standard InChI is InChI=1S/C25H20N4O2/c1-16(30)29-22(17-11-13-26-14-12-17)15-21(28-29)24-23(18-7-3-2-4-8-18)19-9-5-6-10-20(19)27-25(24)31/h2-14,22H,15H2,1H3,(H,27,31). The van der Waals surface area contributed by atoms with Gasteiger partial charge in [-0.1, -0.05) is 48.5 Å². The Hall–Kier alpha value is -4.06. The van der Waals surface area contributed by atoms with Crippen LogP contribution in [0, 0.1) is 0 Å². The molecular weight excluding hydrogens is 388 g/mol. The Morgan fingerprint density at radius 1 is 0.968 bits per heavy atom.